The van der Waals surface area contributed by atoms with E-state index in [2.05, 4.69) is 10.4 Å². The van der Waals surface area contributed by atoms with Crippen LogP contribution < -0.4 is 5.32 Å². The van der Waals surface area contributed by atoms with Gasteiger partial charge in [-0.2, -0.15) is 5.10 Å². The summed E-state index contributed by atoms with van der Waals surface area (Å²) >= 11 is 5.97. The molecule has 0 aliphatic rings. The molecule has 0 aliphatic carbocycles. The molecular formula is C13H13ClFN3O. The molecule has 1 aromatic carbocycles. The fourth-order valence-corrected chi connectivity index (χ4v) is 1.95. The van der Waals surface area contributed by atoms with E-state index in [0.29, 0.717) is 17.4 Å². The first kappa shape index (κ1) is 13.5. The van der Waals surface area contributed by atoms with Crippen molar-refractivity contribution in [3.63, 3.8) is 0 Å². The number of aryl methyl sites for hydroxylation is 1. The van der Waals surface area contributed by atoms with Crippen LogP contribution >= 0.6 is 11.6 Å². The highest BCUT2D eigenvalue weighted by atomic mass is 35.5. The van der Waals surface area contributed by atoms with Gasteiger partial charge in [-0.25, -0.2) is 4.39 Å². The summed E-state index contributed by atoms with van der Waals surface area (Å²) in [4.78, 5) is 11.0. The van der Waals surface area contributed by atoms with Crippen molar-refractivity contribution in [3.8, 4) is 0 Å². The summed E-state index contributed by atoms with van der Waals surface area (Å²) < 4.78 is 14.7. The summed E-state index contributed by atoms with van der Waals surface area (Å²) in [5.74, 6) is -0.0578. The maximum absolute atomic E-state index is 13.0. The lowest BCUT2D eigenvalue weighted by Crippen LogP contribution is -2.08. The number of nitrogens with one attached hydrogen (secondary N) is 1. The van der Waals surface area contributed by atoms with Crippen molar-refractivity contribution in [2.45, 2.75) is 20.4 Å². The zero-order chi connectivity index (χ0) is 14.0. The Bertz CT molecular complexity index is 624. The number of aromatic nitrogens is 2. The molecule has 1 aromatic heterocycles. The standard InChI is InChI=1S/C13H13ClFN3O/c1-8-5-13(16-9(2)19)17-18(8)7-10-3-4-11(15)6-12(10)14/h3-6H,7H2,1-2H3,(H,16,17,19). The van der Waals surface area contributed by atoms with E-state index in [1.165, 1.54) is 19.1 Å². The maximum Gasteiger partial charge on any atom is 0.222 e. The fraction of sp³-hybridized carbons (Fsp3) is 0.231. The van der Waals surface area contributed by atoms with Crippen LogP contribution in [0.4, 0.5) is 10.2 Å². The van der Waals surface area contributed by atoms with Gasteiger partial charge in [-0.3, -0.25) is 9.48 Å². The molecule has 4 nitrogen and oxygen atoms in total. The summed E-state index contributed by atoms with van der Waals surface area (Å²) in [6.07, 6.45) is 0. The van der Waals surface area contributed by atoms with Crippen LogP contribution in [0, 0.1) is 12.7 Å². The number of carbonyl (C=O) groups excluding carboxylic acids is 1. The maximum atomic E-state index is 13.0. The second kappa shape index (κ2) is 5.40. The molecule has 0 saturated heterocycles. The van der Waals surface area contributed by atoms with Crippen molar-refractivity contribution in [1.82, 2.24) is 9.78 Å². The summed E-state index contributed by atoms with van der Waals surface area (Å²) in [5, 5.41) is 7.21. The van der Waals surface area contributed by atoms with Crippen molar-refractivity contribution >= 4 is 23.3 Å². The summed E-state index contributed by atoms with van der Waals surface area (Å²) in [7, 11) is 0. The normalized spacial score (nSPS) is 10.5. The number of hydrogen-bond donors (Lipinski definition) is 1. The van der Waals surface area contributed by atoms with Crippen molar-refractivity contribution in [2.75, 3.05) is 5.32 Å². The lowest BCUT2D eigenvalue weighted by atomic mass is 10.2. The highest BCUT2D eigenvalue weighted by Crippen LogP contribution is 2.19. The van der Waals surface area contributed by atoms with Crippen LogP contribution in [0.3, 0.4) is 0 Å². The molecule has 19 heavy (non-hydrogen) atoms. The van der Waals surface area contributed by atoms with Crippen LogP contribution in [0.1, 0.15) is 18.2 Å². The summed E-state index contributed by atoms with van der Waals surface area (Å²) in [6.45, 7) is 3.71. The van der Waals surface area contributed by atoms with Gasteiger partial charge >= 0.3 is 0 Å². The molecule has 1 N–H and O–H groups in total. The molecule has 2 aromatic rings. The number of anilines is 1. The molecule has 0 fully saturated rings. The van der Waals surface area contributed by atoms with Gasteiger partial charge in [0.25, 0.3) is 0 Å². The minimum Gasteiger partial charge on any atom is -0.309 e. The van der Waals surface area contributed by atoms with Gasteiger partial charge in [-0.05, 0) is 24.6 Å². The first-order valence-corrected chi connectivity index (χ1v) is 6.09. The van der Waals surface area contributed by atoms with Gasteiger partial charge in [-0.15, -0.1) is 0 Å². The van der Waals surface area contributed by atoms with E-state index < -0.39 is 0 Å². The van der Waals surface area contributed by atoms with Crippen LogP contribution in [-0.4, -0.2) is 15.7 Å². The Kier molecular flexibility index (Phi) is 3.85. The zero-order valence-corrected chi connectivity index (χ0v) is 11.3. The minimum atomic E-state index is -0.370. The first-order chi connectivity index (χ1) is 8.95. The Morgan fingerprint density at radius 3 is 2.84 bits per heavy atom. The average molecular weight is 282 g/mol. The Hall–Kier alpha value is -1.88. The second-order valence-electron chi connectivity index (χ2n) is 4.25. The van der Waals surface area contributed by atoms with E-state index in [0.717, 1.165) is 11.3 Å². The SMILES string of the molecule is CC(=O)Nc1cc(C)n(Cc2ccc(F)cc2Cl)n1. The minimum absolute atomic E-state index is 0.176. The Labute approximate surface area is 115 Å². The smallest absolute Gasteiger partial charge is 0.222 e. The van der Waals surface area contributed by atoms with Gasteiger partial charge in [0.1, 0.15) is 5.82 Å². The predicted molar refractivity (Wildman–Crippen MR) is 71.8 cm³/mol. The van der Waals surface area contributed by atoms with Crippen LogP contribution in [0.25, 0.3) is 0 Å². The van der Waals surface area contributed by atoms with Gasteiger partial charge in [0.2, 0.25) is 5.91 Å². The number of carbonyl (C=O) groups is 1. The Morgan fingerprint density at radius 1 is 1.47 bits per heavy atom. The van der Waals surface area contributed by atoms with E-state index in [9.17, 15) is 9.18 Å². The number of benzene rings is 1. The summed E-state index contributed by atoms with van der Waals surface area (Å²) in [6, 6.07) is 6.01. The van der Waals surface area contributed by atoms with E-state index in [1.54, 1.807) is 16.8 Å². The first-order valence-electron chi connectivity index (χ1n) is 5.71. The van der Waals surface area contributed by atoms with Gasteiger partial charge < -0.3 is 5.32 Å². The molecule has 6 heteroatoms. The van der Waals surface area contributed by atoms with Crippen molar-refractivity contribution in [2.24, 2.45) is 0 Å². The zero-order valence-electron chi connectivity index (χ0n) is 10.6. The van der Waals surface area contributed by atoms with E-state index >= 15 is 0 Å². The number of amides is 1. The van der Waals surface area contributed by atoms with Gasteiger partial charge in [0.15, 0.2) is 5.82 Å². The third-order valence-corrected chi connectivity index (χ3v) is 2.97. The molecule has 100 valence electrons. The number of nitrogens with zero attached hydrogens (tertiary/aromatic N) is 2. The summed E-state index contributed by atoms with van der Waals surface area (Å²) in [5.41, 5.74) is 1.65. The van der Waals surface area contributed by atoms with Crippen LogP contribution in [0.5, 0.6) is 0 Å². The number of hydrogen-bond acceptors (Lipinski definition) is 2. The number of rotatable bonds is 3. The molecule has 0 bridgehead atoms. The molecule has 0 atom stereocenters. The largest absolute Gasteiger partial charge is 0.309 e. The van der Waals surface area contributed by atoms with Gasteiger partial charge in [0, 0.05) is 23.7 Å². The molecule has 1 heterocycles. The highest BCUT2D eigenvalue weighted by molar-refractivity contribution is 6.31. The van der Waals surface area contributed by atoms with Crippen molar-refractivity contribution < 1.29 is 9.18 Å². The van der Waals surface area contributed by atoms with Crippen LogP contribution in [0.15, 0.2) is 24.3 Å². The van der Waals surface area contributed by atoms with Crippen molar-refractivity contribution in [3.05, 3.63) is 46.4 Å². The van der Waals surface area contributed by atoms with Crippen LogP contribution in [0.2, 0.25) is 5.02 Å². The molecule has 0 aliphatic heterocycles. The Morgan fingerprint density at radius 2 is 2.21 bits per heavy atom. The van der Waals surface area contributed by atoms with Gasteiger partial charge in [-0.1, -0.05) is 17.7 Å². The third-order valence-electron chi connectivity index (χ3n) is 2.62. The van der Waals surface area contributed by atoms with E-state index in [1.807, 2.05) is 6.92 Å². The molecule has 0 saturated carbocycles. The molecular weight excluding hydrogens is 269 g/mol. The molecule has 0 unspecified atom stereocenters. The number of halogens is 2. The fourth-order valence-electron chi connectivity index (χ4n) is 1.72. The van der Waals surface area contributed by atoms with Crippen LogP contribution in [-0.2, 0) is 11.3 Å². The Balaban J connectivity index is 2.23. The molecule has 0 radical (unpaired) electrons. The van der Waals surface area contributed by atoms with E-state index in [-0.39, 0.29) is 11.7 Å². The molecule has 0 spiro atoms. The molecule has 2 rings (SSSR count). The third kappa shape index (κ3) is 3.32. The molecule has 1 amide bonds. The average Bonchev–Trinajstić information content (AvgIpc) is 2.62. The monoisotopic (exact) mass is 281 g/mol. The van der Waals surface area contributed by atoms with E-state index in [4.69, 9.17) is 11.6 Å². The lowest BCUT2D eigenvalue weighted by molar-refractivity contribution is -0.114. The van der Waals surface area contributed by atoms with Gasteiger partial charge in [0.05, 0.1) is 6.54 Å². The second-order valence-corrected chi connectivity index (χ2v) is 4.65. The lowest BCUT2D eigenvalue weighted by Gasteiger charge is -2.06. The predicted octanol–water partition coefficient (Wildman–Crippen LogP) is 2.99. The highest BCUT2D eigenvalue weighted by Gasteiger charge is 2.08. The van der Waals surface area contributed by atoms with Crippen molar-refractivity contribution in [1.29, 1.82) is 0 Å². The topological polar surface area (TPSA) is 46.9 Å². The quantitative estimate of drug-likeness (QED) is 0.940.